The number of aryl methyl sites for hydroxylation is 1. The molecule has 0 radical (unpaired) electrons. The molecule has 0 unspecified atom stereocenters. The van der Waals surface area contributed by atoms with Crippen molar-refractivity contribution in [1.29, 1.82) is 0 Å². The summed E-state index contributed by atoms with van der Waals surface area (Å²) in [4.78, 5) is 37.3. The molecule has 2 aromatic rings. The number of urea groups is 1. The van der Waals surface area contributed by atoms with E-state index in [2.05, 4.69) is 5.32 Å². The van der Waals surface area contributed by atoms with Crippen molar-refractivity contribution in [2.45, 2.75) is 26.9 Å². The summed E-state index contributed by atoms with van der Waals surface area (Å²) in [6.07, 6.45) is -1.10. The number of carbonyl (C=O) groups is 3. The van der Waals surface area contributed by atoms with Crippen LogP contribution >= 0.6 is 0 Å². The molecule has 0 bridgehead atoms. The van der Waals surface area contributed by atoms with Gasteiger partial charge in [0.1, 0.15) is 11.3 Å². The first kappa shape index (κ1) is 17.8. The Hall–Kier alpha value is -3.03. The van der Waals surface area contributed by atoms with E-state index in [9.17, 15) is 14.4 Å². The lowest BCUT2D eigenvalue weighted by atomic mass is 10.1. The third-order valence-electron chi connectivity index (χ3n) is 4.16. The molecule has 2 heterocycles. The van der Waals surface area contributed by atoms with Crippen LogP contribution < -0.4 is 10.1 Å². The van der Waals surface area contributed by atoms with Crippen LogP contribution in [0.1, 0.15) is 30.0 Å². The molecule has 1 aromatic carbocycles. The summed E-state index contributed by atoms with van der Waals surface area (Å²) in [5.41, 5.74) is 1.13. The maximum atomic E-state index is 12.4. The molecule has 1 N–H and O–H groups in total. The van der Waals surface area contributed by atoms with Crippen molar-refractivity contribution in [3.8, 4) is 5.75 Å². The maximum absolute atomic E-state index is 12.4. The quantitative estimate of drug-likeness (QED) is 0.821. The van der Waals surface area contributed by atoms with E-state index in [-0.39, 0.29) is 12.3 Å². The zero-order valence-corrected chi connectivity index (χ0v) is 14.8. The van der Waals surface area contributed by atoms with Crippen LogP contribution in [0, 0.1) is 6.92 Å². The fourth-order valence-electron chi connectivity index (χ4n) is 2.82. The lowest BCUT2D eigenvalue weighted by Crippen LogP contribution is -2.41. The topological polar surface area (TPSA) is 98.1 Å². The molecule has 138 valence electrons. The Labute approximate surface area is 150 Å². The highest BCUT2D eigenvalue weighted by Gasteiger charge is 2.32. The largest absolute Gasteiger partial charge is 0.494 e. The number of imide groups is 1. The summed E-state index contributed by atoms with van der Waals surface area (Å²) in [5, 5.41) is 3.26. The van der Waals surface area contributed by atoms with Gasteiger partial charge < -0.3 is 19.2 Å². The number of rotatable bonds is 5. The molecule has 0 spiro atoms. The van der Waals surface area contributed by atoms with Crippen LogP contribution in [-0.2, 0) is 9.53 Å². The Morgan fingerprint density at radius 3 is 2.81 bits per heavy atom. The second-order valence-electron chi connectivity index (χ2n) is 5.92. The summed E-state index contributed by atoms with van der Waals surface area (Å²) in [7, 11) is 0. The molecule has 1 saturated heterocycles. The van der Waals surface area contributed by atoms with Crippen LogP contribution in [0.15, 0.2) is 22.6 Å². The number of nitrogens with one attached hydrogen (secondary N) is 1. The third kappa shape index (κ3) is 3.22. The highest BCUT2D eigenvalue weighted by atomic mass is 16.6. The number of ether oxygens (including phenoxy) is 2. The second kappa shape index (κ2) is 7.07. The Kier molecular flexibility index (Phi) is 4.83. The molecule has 3 amide bonds. The molecule has 0 saturated carbocycles. The van der Waals surface area contributed by atoms with Gasteiger partial charge in [-0.2, -0.15) is 0 Å². The summed E-state index contributed by atoms with van der Waals surface area (Å²) in [6, 6.07) is 4.77. The van der Waals surface area contributed by atoms with Gasteiger partial charge in [-0.05, 0) is 39.0 Å². The molecule has 0 aliphatic carbocycles. The number of nitrogens with zero attached hydrogens (tertiary/aromatic N) is 1. The van der Waals surface area contributed by atoms with Crippen molar-refractivity contribution >= 4 is 28.9 Å². The average Bonchev–Trinajstić information content (AvgIpc) is 3.18. The molecule has 8 nitrogen and oxygen atoms in total. The van der Waals surface area contributed by atoms with Gasteiger partial charge in [0.15, 0.2) is 6.10 Å². The Morgan fingerprint density at radius 2 is 2.15 bits per heavy atom. The van der Waals surface area contributed by atoms with Crippen molar-refractivity contribution in [2.24, 2.45) is 0 Å². The first-order valence-electron chi connectivity index (χ1n) is 8.38. The number of esters is 1. The van der Waals surface area contributed by atoms with Gasteiger partial charge in [0, 0.05) is 24.0 Å². The van der Waals surface area contributed by atoms with E-state index >= 15 is 0 Å². The van der Waals surface area contributed by atoms with Gasteiger partial charge in [0.2, 0.25) is 5.76 Å². The molecule has 1 aliphatic rings. The van der Waals surface area contributed by atoms with Crippen LogP contribution in [0.5, 0.6) is 5.75 Å². The van der Waals surface area contributed by atoms with Crippen LogP contribution in [0.4, 0.5) is 4.79 Å². The monoisotopic (exact) mass is 360 g/mol. The van der Waals surface area contributed by atoms with Gasteiger partial charge in [0.05, 0.1) is 6.61 Å². The number of fused-ring (bicyclic) bond motifs is 1. The summed E-state index contributed by atoms with van der Waals surface area (Å²) >= 11 is 0. The number of benzene rings is 1. The second-order valence-corrected chi connectivity index (χ2v) is 5.92. The Balaban J connectivity index is 1.78. The first-order valence-corrected chi connectivity index (χ1v) is 8.38. The van der Waals surface area contributed by atoms with Crippen LogP contribution in [0.25, 0.3) is 11.0 Å². The van der Waals surface area contributed by atoms with Crippen LogP contribution in [-0.4, -0.2) is 48.6 Å². The van der Waals surface area contributed by atoms with Crippen LogP contribution in [0.3, 0.4) is 0 Å². The molecule has 1 atom stereocenters. The summed E-state index contributed by atoms with van der Waals surface area (Å²) in [6.45, 7) is 6.21. The van der Waals surface area contributed by atoms with Gasteiger partial charge in [-0.15, -0.1) is 0 Å². The van der Waals surface area contributed by atoms with Crippen molar-refractivity contribution in [1.82, 2.24) is 10.2 Å². The molecular formula is C18H20N2O6. The van der Waals surface area contributed by atoms with Gasteiger partial charge >= 0.3 is 12.0 Å². The normalized spacial score (nSPS) is 15.0. The minimum absolute atomic E-state index is 0.0270. The van der Waals surface area contributed by atoms with Gasteiger partial charge in [-0.3, -0.25) is 9.69 Å². The number of hydrogen-bond acceptors (Lipinski definition) is 6. The Bertz CT molecular complexity index is 872. The smallest absolute Gasteiger partial charge is 0.375 e. The predicted molar refractivity (Wildman–Crippen MR) is 92.1 cm³/mol. The molecule has 26 heavy (non-hydrogen) atoms. The minimum Gasteiger partial charge on any atom is -0.494 e. The van der Waals surface area contributed by atoms with E-state index in [1.807, 2.05) is 6.92 Å². The van der Waals surface area contributed by atoms with E-state index in [1.54, 1.807) is 25.1 Å². The first-order chi connectivity index (χ1) is 12.4. The van der Waals surface area contributed by atoms with E-state index in [0.29, 0.717) is 30.0 Å². The third-order valence-corrected chi connectivity index (χ3v) is 4.16. The highest BCUT2D eigenvalue weighted by Crippen LogP contribution is 2.29. The average molecular weight is 360 g/mol. The molecule has 1 aliphatic heterocycles. The molecule has 3 rings (SSSR count). The fourth-order valence-corrected chi connectivity index (χ4v) is 2.82. The predicted octanol–water partition coefficient (Wildman–Crippen LogP) is 2.24. The molecule has 1 fully saturated rings. The van der Waals surface area contributed by atoms with Gasteiger partial charge in [-0.25, -0.2) is 9.59 Å². The standard InChI is InChI=1S/C18H20N2O6/c1-4-24-12-5-6-14-13(9-12)10(2)15(26-14)17(22)25-11(3)16(21)20-8-7-19-18(20)23/h5-6,9,11H,4,7-8H2,1-3H3,(H,19,23)/t11-/m0/s1. The van der Waals surface area contributed by atoms with Crippen molar-refractivity contribution in [3.63, 3.8) is 0 Å². The number of furan rings is 1. The zero-order valence-electron chi connectivity index (χ0n) is 14.8. The van der Waals surface area contributed by atoms with Crippen molar-refractivity contribution in [3.05, 3.63) is 29.5 Å². The number of hydrogen-bond donors (Lipinski definition) is 1. The molecule has 1 aromatic heterocycles. The lowest BCUT2D eigenvalue weighted by molar-refractivity contribution is -0.136. The van der Waals surface area contributed by atoms with E-state index in [1.165, 1.54) is 6.92 Å². The zero-order chi connectivity index (χ0) is 18.8. The van der Waals surface area contributed by atoms with Crippen LogP contribution in [0.2, 0.25) is 0 Å². The Morgan fingerprint density at radius 1 is 1.38 bits per heavy atom. The van der Waals surface area contributed by atoms with E-state index in [4.69, 9.17) is 13.9 Å². The number of carbonyl (C=O) groups excluding carboxylic acids is 3. The highest BCUT2D eigenvalue weighted by molar-refractivity contribution is 6.00. The van der Waals surface area contributed by atoms with Gasteiger partial charge in [0.25, 0.3) is 5.91 Å². The molecule has 8 heteroatoms. The lowest BCUT2D eigenvalue weighted by Gasteiger charge is -2.17. The molecular weight excluding hydrogens is 340 g/mol. The maximum Gasteiger partial charge on any atom is 0.375 e. The van der Waals surface area contributed by atoms with Crippen molar-refractivity contribution in [2.75, 3.05) is 19.7 Å². The summed E-state index contributed by atoms with van der Waals surface area (Å²) < 4.78 is 16.3. The van der Waals surface area contributed by atoms with Gasteiger partial charge in [-0.1, -0.05) is 0 Å². The summed E-state index contributed by atoms with van der Waals surface area (Å²) in [5.74, 6) is -0.621. The van der Waals surface area contributed by atoms with E-state index in [0.717, 1.165) is 10.3 Å². The van der Waals surface area contributed by atoms with Crippen molar-refractivity contribution < 1.29 is 28.3 Å². The number of amides is 3. The SMILES string of the molecule is CCOc1ccc2oc(C(=O)O[C@@H](C)C(=O)N3CCNC3=O)c(C)c2c1. The fraction of sp³-hybridized carbons (Fsp3) is 0.389. The minimum atomic E-state index is -1.10. The van der Waals surface area contributed by atoms with E-state index < -0.39 is 24.0 Å².